The summed E-state index contributed by atoms with van der Waals surface area (Å²) in [5.74, 6) is 0.135. The standard InChI is InChI=1S/C11H10F2N2O3S/c12-10(13)6-18-8-3-4-9(19(14,16)17)11-7(8)2-1-5-15-11/h1-5,10H,6H2,(H2,14,16,17). The lowest BCUT2D eigenvalue weighted by atomic mass is 10.2. The molecule has 0 fully saturated rings. The van der Waals surface area contributed by atoms with Gasteiger partial charge in [-0.15, -0.1) is 0 Å². The summed E-state index contributed by atoms with van der Waals surface area (Å²) in [6.45, 7) is -0.779. The molecule has 1 aromatic carbocycles. The molecule has 0 aliphatic rings. The number of nitrogens with zero attached hydrogens (tertiary/aromatic N) is 1. The molecule has 2 N–H and O–H groups in total. The molecule has 0 aliphatic carbocycles. The molecule has 2 rings (SSSR count). The van der Waals surface area contributed by atoms with Gasteiger partial charge in [0.05, 0.1) is 5.52 Å². The number of benzene rings is 1. The Morgan fingerprint density at radius 2 is 2.05 bits per heavy atom. The van der Waals surface area contributed by atoms with Crippen LogP contribution in [0.15, 0.2) is 35.4 Å². The number of hydrogen-bond donors (Lipinski definition) is 1. The topological polar surface area (TPSA) is 82.3 Å². The molecule has 0 saturated heterocycles. The molecule has 0 atom stereocenters. The van der Waals surface area contributed by atoms with E-state index in [2.05, 4.69) is 4.98 Å². The van der Waals surface area contributed by atoms with E-state index in [9.17, 15) is 17.2 Å². The summed E-state index contributed by atoms with van der Waals surface area (Å²) < 4.78 is 52.0. The lowest BCUT2D eigenvalue weighted by Crippen LogP contribution is -2.13. The summed E-state index contributed by atoms with van der Waals surface area (Å²) in [4.78, 5) is 3.74. The summed E-state index contributed by atoms with van der Waals surface area (Å²) in [5, 5.41) is 5.38. The predicted octanol–water partition coefficient (Wildman–Crippen LogP) is 1.53. The minimum Gasteiger partial charge on any atom is -0.487 e. The predicted molar refractivity (Wildman–Crippen MR) is 64.6 cm³/mol. The lowest BCUT2D eigenvalue weighted by Gasteiger charge is -2.10. The van der Waals surface area contributed by atoms with E-state index >= 15 is 0 Å². The Labute approximate surface area is 108 Å². The molecule has 0 unspecified atom stereocenters. The van der Waals surface area contributed by atoms with Gasteiger partial charge in [0.15, 0.2) is 0 Å². The highest BCUT2D eigenvalue weighted by Gasteiger charge is 2.16. The summed E-state index contributed by atoms with van der Waals surface area (Å²) in [6, 6.07) is 5.54. The van der Waals surface area contributed by atoms with Crippen LogP contribution in [0.25, 0.3) is 10.9 Å². The zero-order chi connectivity index (χ0) is 14.0. The minimum atomic E-state index is -3.94. The highest BCUT2D eigenvalue weighted by molar-refractivity contribution is 7.89. The molecule has 5 nitrogen and oxygen atoms in total. The Kier molecular flexibility index (Phi) is 3.63. The molecule has 0 radical (unpaired) electrons. The molecule has 0 spiro atoms. The first-order valence-electron chi connectivity index (χ1n) is 5.21. The van der Waals surface area contributed by atoms with Crippen molar-refractivity contribution in [3.63, 3.8) is 0 Å². The number of halogens is 2. The van der Waals surface area contributed by atoms with Gasteiger partial charge in [0.25, 0.3) is 6.43 Å². The molecule has 0 amide bonds. The van der Waals surface area contributed by atoms with E-state index < -0.39 is 23.1 Å². The average molecular weight is 288 g/mol. The number of pyridine rings is 1. The van der Waals surface area contributed by atoms with Crippen LogP contribution in [-0.2, 0) is 10.0 Å². The molecule has 8 heteroatoms. The van der Waals surface area contributed by atoms with Gasteiger partial charge < -0.3 is 4.74 Å². The van der Waals surface area contributed by atoms with Gasteiger partial charge in [-0.25, -0.2) is 22.3 Å². The molecular weight excluding hydrogens is 278 g/mol. The fourth-order valence-electron chi connectivity index (χ4n) is 1.63. The van der Waals surface area contributed by atoms with Gasteiger partial charge in [-0.05, 0) is 24.3 Å². The van der Waals surface area contributed by atoms with Crippen molar-refractivity contribution >= 4 is 20.9 Å². The molecular formula is C11H10F2N2O3S. The van der Waals surface area contributed by atoms with Crippen LogP contribution >= 0.6 is 0 Å². The monoisotopic (exact) mass is 288 g/mol. The van der Waals surface area contributed by atoms with E-state index in [1.54, 1.807) is 6.07 Å². The quantitative estimate of drug-likeness (QED) is 0.924. The number of nitrogens with two attached hydrogens (primary N) is 1. The second-order valence-electron chi connectivity index (χ2n) is 3.71. The van der Waals surface area contributed by atoms with Gasteiger partial charge in [-0.1, -0.05) is 0 Å². The number of ether oxygens (including phenoxy) is 1. The fraction of sp³-hybridized carbons (Fsp3) is 0.182. The summed E-state index contributed by atoms with van der Waals surface area (Å²) in [7, 11) is -3.94. The molecule has 1 aromatic heterocycles. The van der Waals surface area contributed by atoms with Crippen LogP contribution < -0.4 is 9.88 Å². The van der Waals surface area contributed by atoms with E-state index in [0.29, 0.717) is 5.39 Å². The first-order chi connectivity index (χ1) is 8.89. The van der Waals surface area contributed by atoms with Crippen molar-refractivity contribution in [1.29, 1.82) is 0 Å². The van der Waals surface area contributed by atoms with Crippen molar-refractivity contribution < 1.29 is 21.9 Å². The van der Waals surface area contributed by atoms with Gasteiger partial charge >= 0.3 is 0 Å². The van der Waals surface area contributed by atoms with Crippen molar-refractivity contribution in [2.45, 2.75) is 11.3 Å². The normalized spacial score (nSPS) is 12.0. The minimum absolute atomic E-state index is 0.0942. The maximum atomic E-state index is 12.1. The van der Waals surface area contributed by atoms with Gasteiger partial charge in [-0.2, -0.15) is 0 Å². The van der Waals surface area contributed by atoms with Crippen LogP contribution in [0.2, 0.25) is 0 Å². The molecule has 1 heterocycles. The van der Waals surface area contributed by atoms with Crippen molar-refractivity contribution in [3.8, 4) is 5.75 Å². The van der Waals surface area contributed by atoms with E-state index in [1.165, 1.54) is 24.4 Å². The fourth-order valence-corrected chi connectivity index (χ4v) is 2.32. The molecule has 0 aliphatic heterocycles. The number of primary sulfonamides is 1. The second kappa shape index (κ2) is 5.06. The Balaban J connectivity index is 2.59. The third-order valence-electron chi connectivity index (χ3n) is 2.36. The molecule has 2 aromatic rings. The Morgan fingerprint density at radius 1 is 1.32 bits per heavy atom. The van der Waals surface area contributed by atoms with E-state index in [4.69, 9.17) is 9.88 Å². The maximum Gasteiger partial charge on any atom is 0.272 e. The first-order valence-corrected chi connectivity index (χ1v) is 6.75. The van der Waals surface area contributed by atoms with Crippen LogP contribution in [0.4, 0.5) is 8.78 Å². The van der Waals surface area contributed by atoms with Crippen molar-refractivity contribution in [3.05, 3.63) is 30.5 Å². The number of fused-ring (bicyclic) bond motifs is 1. The van der Waals surface area contributed by atoms with Gasteiger partial charge in [0.2, 0.25) is 10.0 Å². The molecule has 102 valence electrons. The van der Waals surface area contributed by atoms with Crippen LogP contribution in [0.1, 0.15) is 0 Å². The summed E-state index contributed by atoms with van der Waals surface area (Å²) >= 11 is 0. The average Bonchev–Trinajstić information content (AvgIpc) is 2.34. The molecule has 0 saturated carbocycles. The SMILES string of the molecule is NS(=O)(=O)c1ccc(OCC(F)F)c2cccnc12. The zero-order valence-electron chi connectivity index (χ0n) is 9.58. The largest absolute Gasteiger partial charge is 0.487 e. The third kappa shape index (κ3) is 2.96. The summed E-state index contributed by atoms with van der Waals surface area (Å²) in [6.07, 6.45) is -1.24. The van der Waals surface area contributed by atoms with Crippen LogP contribution in [-0.4, -0.2) is 26.4 Å². The van der Waals surface area contributed by atoms with Crippen LogP contribution in [0.5, 0.6) is 5.75 Å². The number of alkyl halides is 2. The highest BCUT2D eigenvalue weighted by Crippen LogP contribution is 2.29. The number of hydrogen-bond acceptors (Lipinski definition) is 4. The maximum absolute atomic E-state index is 12.1. The van der Waals surface area contributed by atoms with E-state index in [-0.39, 0.29) is 16.2 Å². The van der Waals surface area contributed by atoms with Crippen molar-refractivity contribution in [2.75, 3.05) is 6.61 Å². The van der Waals surface area contributed by atoms with Gasteiger partial charge in [0, 0.05) is 11.6 Å². The van der Waals surface area contributed by atoms with Crippen molar-refractivity contribution in [2.24, 2.45) is 5.14 Å². The van der Waals surface area contributed by atoms with E-state index in [1.807, 2.05) is 0 Å². The molecule has 19 heavy (non-hydrogen) atoms. The Morgan fingerprint density at radius 3 is 2.68 bits per heavy atom. The second-order valence-corrected chi connectivity index (χ2v) is 5.24. The van der Waals surface area contributed by atoms with Crippen molar-refractivity contribution in [1.82, 2.24) is 4.98 Å². The highest BCUT2D eigenvalue weighted by atomic mass is 32.2. The van der Waals surface area contributed by atoms with Crippen LogP contribution in [0, 0.1) is 0 Å². The Hall–Kier alpha value is -1.80. The Bertz CT molecular complexity index is 704. The summed E-state index contributed by atoms with van der Waals surface area (Å²) in [5.41, 5.74) is 0.0942. The third-order valence-corrected chi connectivity index (χ3v) is 3.31. The number of aromatic nitrogens is 1. The van der Waals surface area contributed by atoms with Gasteiger partial charge in [0.1, 0.15) is 17.3 Å². The zero-order valence-corrected chi connectivity index (χ0v) is 10.4. The number of sulfonamides is 1. The van der Waals surface area contributed by atoms with Gasteiger partial charge in [-0.3, -0.25) is 4.98 Å². The molecule has 0 bridgehead atoms. The first kappa shape index (κ1) is 13.6. The van der Waals surface area contributed by atoms with Crippen LogP contribution in [0.3, 0.4) is 0 Å². The smallest absolute Gasteiger partial charge is 0.272 e. The lowest BCUT2D eigenvalue weighted by molar-refractivity contribution is 0.0826. The number of rotatable bonds is 4. The van der Waals surface area contributed by atoms with E-state index in [0.717, 1.165) is 0 Å².